The molecule has 0 aliphatic carbocycles. The van der Waals surface area contributed by atoms with E-state index in [1.54, 1.807) is 38.8 Å². The zero-order valence-corrected chi connectivity index (χ0v) is 25.7. The first-order valence-electron chi connectivity index (χ1n) is 13.9. The van der Waals surface area contributed by atoms with Crippen molar-refractivity contribution in [1.82, 2.24) is 0 Å². The molecular weight excluding hydrogens is 524 g/mol. The van der Waals surface area contributed by atoms with Crippen LogP contribution in [0.25, 0.3) is 11.1 Å². The number of benzene rings is 4. The second-order valence-corrected chi connectivity index (χ2v) is 12.3. The van der Waals surface area contributed by atoms with Gasteiger partial charge in [0.05, 0.1) is 25.6 Å². The second-order valence-electron chi connectivity index (χ2n) is 12.3. The van der Waals surface area contributed by atoms with Gasteiger partial charge in [0.15, 0.2) is 0 Å². The molecule has 0 amide bonds. The molecule has 0 aliphatic heterocycles. The van der Waals surface area contributed by atoms with Gasteiger partial charge in [-0.1, -0.05) is 77.9 Å². The fraction of sp³-hybridized carbons (Fsp3) is 0.278. The lowest BCUT2D eigenvalue weighted by Crippen LogP contribution is -2.12. The van der Waals surface area contributed by atoms with E-state index in [2.05, 4.69) is 0 Å². The minimum Gasteiger partial charge on any atom is -0.507 e. The Balaban J connectivity index is 1.77. The van der Waals surface area contributed by atoms with E-state index >= 15 is 0 Å². The van der Waals surface area contributed by atoms with Crippen LogP contribution in [0.5, 0.6) is 23.0 Å². The fourth-order valence-electron chi connectivity index (χ4n) is 4.74. The largest absolute Gasteiger partial charge is 0.507 e. The first-order valence-corrected chi connectivity index (χ1v) is 13.9. The molecule has 0 fully saturated rings. The summed E-state index contributed by atoms with van der Waals surface area (Å²) in [7, 11) is 3.23. The third-order valence-electron chi connectivity index (χ3n) is 7.10. The Bertz CT molecular complexity index is 1520. The Hall–Kier alpha value is -4.58. The number of rotatable bonds is 7. The van der Waals surface area contributed by atoms with Gasteiger partial charge >= 0.3 is 0 Å². The molecule has 2 N–H and O–H groups in total. The zero-order valence-electron chi connectivity index (χ0n) is 25.7. The van der Waals surface area contributed by atoms with Crippen molar-refractivity contribution in [1.29, 1.82) is 0 Å². The van der Waals surface area contributed by atoms with Crippen LogP contribution < -0.4 is 9.47 Å². The number of methoxy groups -OCH3 is 2. The molecule has 0 heterocycles. The Morgan fingerprint density at radius 2 is 0.929 bits per heavy atom. The van der Waals surface area contributed by atoms with Gasteiger partial charge in [-0.05, 0) is 47.2 Å². The van der Waals surface area contributed by atoms with Gasteiger partial charge in [0.25, 0.3) is 0 Å². The van der Waals surface area contributed by atoms with Gasteiger partial charge in [0.1, 0.15) is 23.0 Å². The highest BCUT2D eigenvalue weighted by molar-refractivity contribution is 5.93. The van der Waals surface area contributed by atoms with Gasteiger partial charge in [-0.2, -0.15) is 0 Å². The summed E-state index contributed by atoms with van der Waals surface area (Å²) in [5, 5.41) is 22.1. The van der Waals surface area contributed by atoms with Gasteiger partial charge in [-0.15, -0.1) is 0 Å². The third kappa shape index (κ3) is 6.65. The van der Waals surface area contributed by atoms with Crippen molar-refractivity contribution in [2.45, 2.75) is 52.4 Å². The number of phenolic OH excluding ortho intramolecular Hbond substituents is 2. The fourth-order valence-corrected chi connectivity index (χ4v) is 4.74. The van der Waals surface area contributed by atoms with E-state index in [1.807, 2.05) is 102 Å². The number of nitrogens with zero attached hydrogens (tertiary/aromatic N) is 2. The molecule has 0 bridgehead atoms. The number of phenols is 2. The van der Waals surface area contributed by atoms with Gasteiger partial charge in [-0.3, -0.25) is 9.98 Å². The molecule has 0 spiro atoms. The SMILES string of the molecule is COc1cc(C=Nc2ccccc2-c2ccccc2N=Cc2cc(OC)cc(C(C)(C)C)c2O)c(O)c(C(C)(C)C)c1. The lowest BCUT2D eigenvalue weighted by atomic mass is 9.85. The molecule has 218 valence electrons. The van der Waals surface area contributed by atoms with E-state index < -0.39 is 0 Å². The molecule has 6 heteroatoms. The van der Waals surface area contributed by atoms with Crippen LogP contribution in [-0.2, 0) is 10.8 Å². The highest BCUT2D eigenvalue weighted by atomic mass is 16.5. The average molecular weight is 565 g/mol. The maximum Gasteiger partial charge on any atom is 0.128 e. The topological polar surface area (TPSA) is 83.6 Å². The third-order valence-corrected chi connectivity index (χ3v) is 7.10. The van der Waals surface area contributed by atoms with Crippen LogP contribution in [-0.4, -0.2) is 36.9 Å². The first kappa shape index (κ1) is 30.4. The van der Waals surface area contributed by atoms with E-state index in [0.717, 1.165) is 33.6 Å². The van der Waals surface area contributed by atoms with Crippen molar-refractivity contribution in [2.24, 2.45) is 9.98 Å². The molecule has 0 saturated carbocycles. The van der Waals surface area contributed by atoms with E-state index in [0.29, 0.717) is 22.6 Å². The summed E-state index contributed by atoms with van der Waals surface area (Å²) < 4.78 is 11.0. The van der Waals surface area contributed by atoms with Crippen LogP contribution in [0.4, 0.5) is 11.4 Å². The van der Waals surface area contributed by atoms with Gasteiger partial charge < -0.3 is 19.7 Å². The Labute approximate surface area is 249 Å². The van der Waals surface area contributed by atoms with Crippen LogP contribution >= 0.6 is 0 Å². The number of aliphatic imine (C=N–C) groups is 2. The van der Waals surface area contributed by atoms with Crippen LogP contribution in [0.2, 0.25) is 0 Å². The van der Waals surface area contributed by atoms with Crippen molar-refractivity contribution in [3.63, 3.8) is 0 Å². The van der Waals surface area contributed by atoms with Crippen molar-refractivity contribution in [3.8, 4) is 34.1 Å². The number of ether oxygens (including phenoxy) is 2. The molecule has 0 atom stereocenters. The summed E-state index contributed by atoms with van der Waals surface area (Å²) >= 11 is 0. The number of para-hydroxylation sites is 2. The van der Waals surface area contributed by atoms with Crippen LogP contribution in [0.3, 0.4) is 0 Å². The summed E-state index contributed by atoms with van der Waals surface area (Å²) in [5.74, 6) is 1.68. The molecule has 0 aromatic heterocycles. The maximum atomic E-state index is 11.1. The molecule has 0 aliphatic rings. The Kier molecular flexibility index (Phi) is 8.76. The summed E-state index contributed by atoms with van der Waals surface area (Å²) in [4.78, 5) is 9.60. The standard InChI is InChI=1S/C36H40N2O4/c1-35(2,3)29-19-25(41-7)17-23(33(29)39)21-37-31-15-11-9-13-27(31)28-14-10-12-16-32(28)38-22-24-18-26(42-8)20-30(34(24)40)36(4,5)6/h9-22,39-40H,1-8H3. The van der Waals surface area contributed by atoms with E-state index in [4.69, 9.17) is 19.5 Å². The Morgan fingerprint density at radius 3 is 1.26 bits per heavy atom. The molecule has 4 rings (SSSR count). The minimum absolute atomic E-state index is 0.183. The van der Waals surface area contributed by atoms with Crippen molar-refractivity contribution < 1.29 is 19.7 Å². The summed E-state index contributed by atoms with van der Waals surface area (Å²) in [6, 6.07) is 22.9. The van der Waals surface area contributed by atoms with E-state index in [1.165, 1.54) is 0 Å². The van der Waals surface area contributed by atoms with Gasteiger partial charge in [-0.25, -0.2) is 0 Å². The Morgan fingerprint density at radius 1 is 0.571 bits per heavy atom. The highest BCUT2D eigenvalue weighted by Gasteiger charge is 2.22. The number of hydrogen-bond acceptors (Lipinski definition) is 6. The molecule has 42 heavy (non-hydrogen) atoms. The molecule has 0 saturated heterocycles. The monoisotopic (exact) mass is 564 g/mol. The van der Waals surface area contributed by atoms with E-state index in [-0.39, 0.29) is 22.3 Å². The maximum absolute atomic E-state index is 11.1. The molecule has 4 aromatic carbocycles. The van der Waals surface area contributed by atoms with Gasteiger partial charge in [0, 0.05) is 45.8 Å². The number of hydrogen-bond donors (Lipinski definition) is 2. The van der Waals surface area contributed by atoms with Crippen molar-refractivity contribution in [3.05, 3.63) is 95.1 Å². The van der Waals surface area contributed by atoms with Gasteiger partial charge in [0.2, 0.25) is 0 Å². The lowest BCUT2D eigenvalue weighted by Gasteiger charge is -2.22. The zero-order chi connectivity index (χ0) is 30.7. The molecular formula is C36H40N2O4. The highest BCUT2D eigenvalue weighted by Crippen LogP contribution is 2.40. The molecule has 0 radical (unpaired) electrons. The second kappa shape index (κ2) is 12.1. The first-order chi connectivity index (χ1) is 19.8. The molecule has 0 unspecified atom stereocenters. The molecule has 4 aromatic rings. The minimum atomic E-state index is -0.277. The normalized spacial score (nSPS) is 12.3. The van der Waals surface area contributed by atoms with Crippen LogP contribution in [0.1, 0.15) is 63.8 Å². The average Bonchev–Trinajstić information content (AvgIpc) is 2.95. The van der Waals surface area contributed by atoms with Crippen molar-refractivity contribution in [2.75, 3.05) is 14.2 Å². The van der Waals surface area contributed by atoms with E-state index in [9.17, 15) is 10.2 Å². The summed E-state index contributed by atoms with van der Waals surface area (Å²) in [5.41, 5.74) is 5.36. The number of aromatic hydroxyl groups is 2. The predicted molar refractivity (Wildman–Crippen MR) is 173 cm³/mol. The summed E-state index contributed by atoms with van der Waals surface area (Å²) in [6.07, 6.45) is 3.33. The smallest absolute Gasteiger partial charge is 0.128 e. The van der Waals surface area contributed by atoms with Crippen LogP contribution in [0, 0.1) is 0 Å². The molecule has 6 nitrogen and oxygen atoms in total. The van der Waals surface area contributed by atoms with Crippen LogP contribution in [0.15, 0.2) is 82.8 Å². The summed E-state index contributed by atoms with van der Waals surface area (Å²) in [6.45, 7) is 12.3. The predicted octanol–water partition coefficient (Wildman–Crippen LogP) is 8.88. The van der Waals surface area contributed by atoms with Crippen molar-refractivity contribution >= 4 is 23.8 Å². The quantitative estimate of drug-likeness (QED) is 0.220. The lowest BCUT2D eigenvalue weighted by molar-refractivity contribution is 0.405.